The van der Waals surface area contributed by atoms with Crippen LogP contribution in [0.4, 0.5) is 5.69 Å². The number of hydrogen-bond acceptors (Lipinski definition) is 4. The molecule has 2 aromatic rings. The van der Waals surface area contributed by atoms with Gasteiger partial charge < -0.3 is 4.90 Å². The van der Waals surface area contributed by atoms with Crippen molar-refractivity contribution < 1.29 is 13.2 Å². The van der Waals surface area contributed by atoms with Crippen molar-refractivity contribution in [1.82, 2.24) is 4.72 Å². The van der Waals surface area contributed by atoms with E-state index >= 15 is 0 Å². The smallest absolute Gasteiger partial charge is 0.250 e. The van der Waals surface area contributed by atoms with Crippen LogP contribution in [0.3, 0.4) is 0 Å². The van der Waals surface area contributed by atoms with Gasteiger partial charge in [-0.25, -0.2) is 8.42 Å². The third-order valence-electron chi connectivity index (χ3n) is 3.84. The Labute approximate surface area is 140 Å². The third kappa shape index (κ3) is 3.17. The van der Waals surface area contributed by atoms with Crippen molar-refractivity contribution in [3.63, 3.8) is 0 Å². The Balaban J connectivity index is 1.76. The fourth-order valence-corrected chi connectivity index (χ4v) is 5.20. The molecule has 0 unspecified atom stereocenters. The lowest BCUT2D eigenvalue weighted by Crippen LogP contribution is -2.46. The molecule has 1 aromatic carbocycles. The summed E-state index contributed by atoms with van der Waals surface area (Å²) in [5, 5.41) is 0. The first-order chi connectivity index (χ1) is 10.9. The van der Waals surface area contributed by atoms with E-state index in [9.17, 15) is 13.2 Å². The van der Waals surface area contributed by atoms with Crippen LogP contribution < -0.4 is 9.62 Å². The number of anilines is 1. The van der Waals surface area contributed by atoms with Crippen molar-refractivity contribution >= 4 is 33.0 Å². The topological polar surface area (TPSA) is 66.5 Å². The molecule has 122 valence electrons. The normalized spacial score (nSPS) is 15.5. The van der Waals surface area contributed by atoms with Crippen molar-refractivity contribution in [2.75, 3.05) is 11.4 Å². The molecule has 0 fully saturated rings. The first kappa shape index (κ1) is 16.2. The van der Waals surface area contributed by atoms with Crippen LogP contribution in [0.2, 0.25) is 0 Å². The Morgan fingerprint density at radius 1 is 1.26 bits per heavy atom. The molecule has 1 aliphatic heterocycles. The van der Waals surface area contributed by atoms with E-state index < -0.39 is 16.1 Å². The van der Waals surface area contributed by atoms with Crippen LogP contribution in [-0.4, -0.2) is 26.9 Å². The molecule has 0 aliphatic carbocycles. The lowest BCUT2D eigenvalue weighted by Gasteiger charge is -2.22. The van der Waals surface area contributed by atoms with E-state index in [4.69, 9.17) is 0 Å². The molecule has 0 saturated heterocycles. The molecule has 1 aliphatic rings. The Morgan fingerprint density at radius 2 is 2.00 bits per heavy atom. The molecule has 0 radical (unpaired) electrons. The minimum Gasteiger partial charge on any atom is -0.310 e. The van der Waals surface area contributed by atoms with Crippen LogP contribution in [0.15, 0.2) is 40.6 Å². The predicted molar refractivity (Wildman–Crippen MR) is 91.3 cm³/mol. The first-order valence-electron chi connectivity index (χ1n) is 7.36. The number of sulfonamides is 1. The molecule has 7 heteroatoms. The number of aryl methyl sites for hydroxylation is 1. The number of thiophene rings is 1. The monoisotopic (exact) mass is 350 g/mol. The second-order valence-electron chi connectivity index (χ2n) is 5.58. The van der Waals surface area contributed by atoms with E-state index in [1.165, 1.54) is 11.3 Å². The second-order valence-corrected chi connectivity index (χ2v) is 8.81. The molecular formula is C16H18N2O3S2. The van der Waals surface area contributed by atoms with E-state index in [1.807, 2.05) is 31.2 Å². The van der Waals surface area contributed by atoms with Crippen molar-refractivity contribution in [2.45, 2.75) is 30.5 Å². The fraction of sp³-hybridized carbons (Fsp3) is 0.312. The Bertz CT molecular complexity index is 843. The van der Waals surface area contributed by atoms with Gasteiger partial charge in [0.05, 0.1) is 6.04 Å². The number of nitrogens with zero attached hydrogens (tertiary/aromatic N) is 1. The van der Waals surface area contributed by atoms with Crippen molar-refractivity contribution in [3.8, 4) is 0 Å². The van der Waals surface area contributed by atoms with Gasteiger partial charge in [0, 0.05) is 17.1 Å². The third-order valence-corrected chi connectivity index (χ3v) is 6.87. The lowest BCUT2D eigenvalue weighted by atomic mass is 10.2. The quantitative estimate of drug-likeness (QED) is 0.920. The summed E-state index contributed by atoms with van der Waals surface area (Å²) in [4.78, 5) is 15.2. The van der Waals surface area contributed by atoms with Crippen molar-refractivity contribution in [2.24, 2.45) is 0 Å². The number of rotatable bonds is 4. The lowest BCUT2D eigenvalue weighted by molar-refractivity contribution is -0.119. The largest absolute Gasteiger partial charge is 0.310 e. The van der Waals surface area contributed by atoms with Gasteiger partial charge in [-0.15, -0.1) is 11.3 Å². The first-order valence-corrected chi connectivity index (χ1v) is 9.66. The summed E-state index contributed by atoms with van der Waals surface area (Å²) in [6, 6.07) is 10.2. The van der Waals surface area contributed by atoms with Crippen molar-refractivity contribution in [1.29, 1.82) is 0 Å². The highest BCUT2D eigenvalue weighted by Crippen LogP contribution is 2.28. The van der Waals surface area contributed by atoms with Gasteiger partial charge in [0.2, 0.25) is 5.91 Å². The predicted octanol–water partition coefficient (Wildman–Crippen LogP) is 2.31. The Hall–Kier alpha value is -1.70. The van der Waals surface area contributed by atoms with Gasteiger partial charge in [-0.05, 0) is 44.0 Å². The van der Waals surface area contributed by atoms with E-state index in [1.54, 1.807) is 24.0 Å². The summed E-state index contributed by atoms with van der Waals surface area (Å²) in [6.07, 6.45) is 0.797. The van der Waals surface area contributed by atoms with Crippen LogP contribution in [-0.2, 0) is 21.2 Å². The number of carbonyl (C=O) groups excluding carboxylic acids is 1. The van der Waals surface area contributed by atoms with Crippen LogP contribution >= 0.6 is 11.3 Å². The van der Waals surface area contributed by atoms with Gasteiger partial charge in [0.25, 0.3) is 10.0 Å². The van der Waals surface area contributed by atoms with Crippen LogP contribution in [0.1, 0.15) is 17.4 Å². The maximum absolute atomic E-state index is 12.6. The van der Waals surface area contributed by atoms with Gasteiger partial charge in [0.15, 0.2) is 0 Å². The van der Waals surface area contributed by atoms with E-state index in [-0.39, 0.29) is 10.1 Å². The minimum atomic E-state index is -3.67. The molecule has 1 aromatic heterocycles. The zero-order chi connectivity index (χ0) is 16.6. The van der Waals surface area contributed by atoms with Gasteiger partial charge in [0.1, 0.15) is 4.21 Å². The average molecular weight is 350 g/mol. The number of para-hydroxylation sites is 1. The van der Waals surface area contributed by atoms with Crippen LogP contribution in [0.25, 0.3) is 0 Å². The number of benzene rings is 1. The van der Waals surface area contributed by atoms with E-state index in [0.29, 0.717) is 6.54 Å². The second kappa shape index (κ2) is 6.07. The molecule has 23 heavy (non-hydrogen) atoms. The number of carbonyl (C=O) groups is 1. The molecule has 0 spiro atoms. The molecule has 0 saturated carbocycles. The fourth-order valence-electron chi connectivity index (χ4n) is 2.70. The number of fused-ring (bicyclic) bond motifs is 1. The maximum Gasteiger partial charge on any atom is 0.250 e. The maximum atomic E-state index is 12.6. The summed E-state index contributed by atoms with van der Waals surface area (Å²) >= 11 is 1.19. The molecule has 1 N–H and O–H groups in total. The SMILES string of the molecule is Cc1ccc(S(=O)(=O)N[C@@H](C)C(=O)N2CCc3ccccc32)s1. The molecule has 1 amide bonds. The number of amides is 1. The molecule has 2 heterocycles. The minimum absolute atomic E-state index is 0.230. The number of hydrogen-bond donors (Lipinski definition) is 1. The molecular weight excluding hydrogens is 332 g/mol. The Kier molecular flexibility index (Phi) is 4.27. The van der Waals surface area contributed by atoms with Crippen LogP contribution in [0, 0.1) is 6.92 Å². The Morgan fingerprint density at radius 3 is 2.70 bits per heavy atom. The van der Waals surface area contributed by atoms with Gasteiger partial charge in [-0.2, -0.15) is 4.72 Å². The summed E-state index contributed by atoms with van der Waals surface area (Å²) < 4.78 is 27.4. The highest BCUT2D eigenvalue weighted by atomic mass is 32.2. The standard InChI is InChI=1S/C16H18N2O3S2/c1-11-7-8-15(22-11)23(20,21)17-12(2)16(19)18-10-9-13-5-3-4-6-14(13)18/h3-8,12,17H,9-10H2,1-2H3/t12-/m0/s1. The summed E-state index contributed by atoms with van der Waals surface area (Å²) in [5.41, 5.74) is 1.99. The van der Waals surface area contributed by atoms with Crippen molar-refractivity contribution in [3.05, 3.63) is 46.8 Å². The zero-order valence-corrected chi connectivity index (χ0v) is 14.6. The van der Waals surface area contributed by atoms with Gasteiger partial charge >= 0.3 is 0 Å². The summed E-state index contributed by atoms with van der Waals surface area (Å²) in [7, 11) is -3.67. The number of nitrogens with one attached hydrogen (secondary N) is 1. The summed E-state index contributed by atoms with van der Waals surface area (Å²) in [5.74, 6) is -0.230. The van der Waals surface area contributed by atoms with E-state index in [2.05, 4.69) is 4.72 Å². The van der Waals surface area contributed by atoms with E-state index in [0.717, 1.165) is 22.5 Å². The average Bonchev–Trinajstić information content (AvgIpc) is 3.12. The highest BCUT2D eigenvalue weighted by molar-refractivity contribution is 7.91. The zero-order valence-electron chi connectivity index (χ0n) is 12.9. The molecule has 3 rings (SSSR count). The molecule has 1 atom stereocenters. The van der Waals surface area contributed by atoms with Gasteiger partial charge in [-0.3, -0.25) is 4.79 Å². The molecule has 0 bridgehead atoms. The van der Waals surface area contributed by atoms with Crippen LogP contribution in [0.5, 0.6) is 0 Å². The highest BCUT2D eigenvalue weighted by Gasteiger charge is 2.30. The van der Waals surface area contributed by atoms with Gasteiger partial charge in [-0.1, -0.05) is 18.2 Å². The molecule has 5 nitrogen and oxygen atoms in total. The summed E-state index contributed by atoms with van der Waals surface area (Å²) in [6.45, 7) is 4.02.